The molecule has 2 heterocycles. The smallest absolute Gasteiger partial charge is 0.161 e. The molecule has 0 spiro atoms. The molecule has 1 saturated heterocycles. The maximum Gasteiger partial charge on any atom is 0.161 e. The number of Topliss-reactive ketones (excluding diaryl/α,β-unsaturated/α-hetero) is 1. The van der Waals surface area contributed by atoms with Gasteiger partial charge in [0.25, 0.3) is 0 Å². The van der Waals surface area contributed by atoms with E-state index in [9.17, 15) is 4.79 Å². The fraction of sp³-hybridized carbons (Fsp3) is 0.389. The lowest BCUT2D eigenvalue weighted by molar-refractivity contribution is 0.101. The van der Waals surface area contributed by atoms with Gasteiger partial charge in [-0.2, -0.15) is 0 Å². The van der Waals surface area contributed by atoms with E-state index in [1.54, 1.807) is 6.92 Å². The van der Waals surface area contributed by atoms with Crippen LogP contribution in [0.4, 0.5) is 5.69 Å². The van der Waals surface area contributed by atoms with E-state index < -0.39 is 0 Å². The van der Waals surface area contributed by atoms with E-state index in [-0.39, 0.29) is 5.78 Å². The Labute approximate surface area is 126 Å². The molecule has 1 aromatic heterocycles. The quantitative estimate of drug-likeness (QED) is 0.798. The minimum absolute atomic E-state index is 0.128. The summed E-state index contributed by atoms with van der Waals surface area (Å²) in [6.45, 7) is 8.01. The maximum absolute atomic E-state index is 11.7. The number of carbonyl (C=O) groups excluding carboxylic acids is 1. The average Bonchev–Trinajstić information content (AvgIpc) is 3.08. The molecule has 1 aliphatic heterocycles. The fourth-order valence-corrected chi connectivity index (χ4v) is 3.30. The number of benzene rings is 1. The number of rotatable bonds is 3. The molecular weight excluding hydrogens is 260 g/mol. The van der Waals surface area contributed by atoms with Gasteiger partial charge in [-0.25, -0.2) is 0 Å². The number of carbonyl (C=O) groups is 1. The summed E-state index contributed by atoms with van der Waals surface area (Å²) < 4.78 is 2.16. The second-order valence-corrected chi connectivity index (χ2v) is 5.89. The van der Waals surface area contributed by atoms with Crippen molar-refractivity contribution in [2.75, 3.05) is 18.0 Å². The molecular formula is C18H22N2O. The number of hydrogen-bond donors (Lipinski definition) is 0. The first kappa shape index (κ1) is 13.9. The first-order valence-corrected chi connectivity index (χ1v) is 7.63. The van der Waals surface area contributed by atoms with Gasteiger partial charge in [-0.15, -0.1) is 0 Å². The zero-order chi connectivity index (χ0) is 15.0. The average molecular weight is 282 g/mol. The maximum atomic E-state index is 11.7. The van der Waals surface area contributed by atoms with Crippen molar-refractivity contribution in [1.82, 2.24) is 4.57 Å². The molecule has 110 valence electrons. The highest BCUT2D eigenvalue weighted by Gasteiger charge is 2.15. The first-order valence-electron chi connectivity index (χ1n) is 7.63. The topological polar surface area (TPSA) is 25.2 Å². The molecule has 0 bridgehead atoms. The van der Waals surface area contributed by atoms with Crippen molar-refractivity contribution in [3.63, 3.8) is 0 Å². The molecule has 0 atom stereocenters. The Morgan fingerprint density at radius 2 is 1.57 bits per heavy atom. The van der Waals surface area contributed by atoms with E-state index in [4.69, 9.17) is 0 Å². The van der Waals surface area contributed by atoms with Crippen LogP contribution in [0, 0.1) is 13.8 Å². The van der Waals surface area contributed by atoms with E-state index in [0.29, 0.717) is 0 Å². The van der Waals surface area contributed by atoms with Gasteiger partial charge >= 0.3 is 0 Å². The van der Waals surface area contributed by atoms with Crippen LogP contribution in [0.25, 0.3) is 5.69 Å². The molecule has 2 aromatic rings. The summed E-state index contributed by atoms with van der Waals surface area (Å²) in [6.07, 6.45) is 2.58. The number of aryl methyl sites for hydroxylation is 1. The third-order valence-corrected chi connectivity index (χ3v) is 4.39. The van der Waals surface area contributed by atoms with Crippen LogP contribution < -0.4 is 4.90 Å². The Kier molecular flexibility index (Phi) is 3.58. The Balaban J connectivity index is 1.95. The number of nitrogens with zero attached hydrogens (tertiary/aromatic N) is 2. The lowest BCUT2D eigenvalue weighted by atomic mass is 10.2. The molecule has 1 aromatic carbocycles. The zero-order valence-corrected chi connectivity index (χ0v) is 13.0. The summed E-state index contributed by atoms with van der Waals surface area (Å²) in [5.74, 6) is 0.128. The second-order valence-electron chi connectivity index (χ2n) is 5.89. The normalized spacial score (nSPS) is 14.7. The van der Waals surface area contributed by atoms with Crippen molar-refractivity contribution in [2.24, 2.45) is 0 Å². The van der Waals surface area contributed by atoms with Crippen molar-refractivity contribution < 1.29 is 4.79 Å². The van der Waals surface area contributed by atoms with Gasteiger partial charge in [0.1, 0.15) is 0 Å². The number of ketones is 1. The van der Waals surface area contributed by atoms with Crippen LogP contribution in [0.2, 0.25) is 0 Å². The highest BCUT2D eigenvalue weighted by atomic mass is 16.1. The van der Waals surface area contributed by atoms with E-state index in [1.165, 1.54) is 18.5 Å². The number of hydrogen-bond acceptors (Lipinski definition) is 2. The van der Waals surface area contributed by atoms with E-state index in [2.05, 4.69) is 33.7 Å². The largest absolute Gasteiger partial charge is 0.372 e. The molecule has 0 amide bonds. The Bertz CT molecular complexity index is 661. The molecule has 0 unspecified atom stereocenters. The van der Waals surface area contributed by atoms with Crippen molar-refractivity contribution in [3.05, 3.63) is 47.3 Å². The Hall–Kier alpha value is -2.03. The first-order chi connectivity index (χ1) is 10.1. The van der Waals surface area contributed by atoms with E-state index >= 15 is 0 Å². The third kappa shape index (κ3) is 2.48. The van der Waals surface area contributed by atoms with Gasteiger partial charge in [-0.1, -0.05) is 0 Å². The van der Waals surface area contributed by atoms with Crippen LogP contribution in [-0.4, -0.2) is 23.4 Å². The SMILES string of the molecule is CC(=O)c1cc(C)n(-c2ccc(N3CCCC3)cc2)c1C. The van der Waals surface area contributed by atoms with Gasteiger partial charge < -0.3 is 9.47 Å². The second kappa shape index (κ2) is 5.40. The summed E-state index contributed by atoms with van der Waals surface area (Å²) in [7, 11) is 0. The van der Waals surface area contributed by atoms with Crippen LogP contribution in [0.1, 0.15) is 41.5 Å². The lowest BCUT2D eigenvalue weighted by Crippen LogP contribution is -2.17. The highest BCUT2D eigenvalue weighted by molar-refractivity contribution is 5.95. The zero-order valence-electron chi connectivity index (χ0n) is 13.0. The predicted molar refractivity (Wildman–Crippen MR) is 86.7 cm³/mol. The molecule has 3 heteroatoms. The molecule has 0 N–H and O–H groups in total. The Morgan fingerprint density at radius 1 is 1.00 bits per heavy atom. The molecule has 0 saturated carbocycles. The summed E-state index contributed by atoms with van der Waals surface area (Å²) in [6, 6.07) is 10.7. The molecule has 0 radical (unpaired) electrons. The van der Waals surface area contributed by atoms with Crippen LogP contribution in [0.5, 0.6) is 0 Å². The summed E-state index contributed by atoms with van der Waals surface area (Å²) in [5, 5.41) is 0. The number of anilines is 1. The summed E-state index contributed by atoms with van der Waals surface area (Å²) in [4.78, 5) is 14.1. The minimum Gasteiger partial charge on any atom is -0.372 e. The van der Waals surface area contributed by atoms with E-state index in [1.807, 2.05) is 19.9 Å². The molecule has 1 fully saturated rings. The molecule has 3 nitrogen and oxygen atoms in total. The van der Waals surface area contributed by atoms with Gasteiger partial charge in [0.15, 0.2) is 5.78 Å². The van der Waals surface area contributed by atoms with Crippen molar-refractivity contribution >= 4 is 11.5 Å². The van der Waals surface area contributed by atoms with Crippen molar-refractivity contribution in [3.8, 4) is 5.69 Å². The lowest BCUT2D eigenvalue weighted by Gasteiger charge is -2.18. The third-order valence-electron chi connectivity index (χ3n) is 4.39. The van der Waals surface area contributed by atoms with Crippen LogP contribution >= 0.6 is 0 Å². The van der Waals surface area contributed by atoms with Gasteiger partial charge in [0.05, 0.1) is 0 Å². The Morgan fingerprint density at radius 3 is 2.10 bits per heavy atom. The van der Waals surface area contributed by atoms with Gasteiger partial charge in [-0.05, 0) is 63.9 Å². The van der Waals surface area contributed by atoms with Gasteiger partial charge in [0.2, 0.25) is 0 Å². The van der Waals surface area contributed by atoms with Crippen LogP contribution in [0.15, 0.2) is 30.3 Å². The number of aromatic nitrogens is 1. The molecule has 0 aliphatic carbocycles. The van der Waals surface area contributed by atoms with Gasteiger partial charge in [-0.3, -0.25) is 4.79 Å². The summed E-state index contributed by atoms with van der Waals surface area (Å²) in [5.41, 5.74) is 5.36. The predicted octanol–water partition coefficient (Wildman–Crippen LogP) is 3.90. The highest BCUT2D eigenvalue weighted by Crippen LogP contribution is 2.25. The van der Waals surface area contributed by atoms with Crippen LogP contribution in [0.3, 0.4) is 0 Å². The van der Waals surface area contributed by atoms with E-state index in [0.717, 1.165) is 35.7 Å². The summed E-state index contributed by atoms with van der Waals surface area (Å²) >= 11 is 0. The molecule has 1 aliphatic rings. The molecule has 3 rings (SSSR count). The monoisotopic (exact) mass is 282 g/mol. The van der Waals surface area contributed by atoms with Crippen molar-refractivity contribution in [2.45, 2.75) is 33.6 Å². The standard InChI is InChI=1S/C18H22N2O/c1-13-12-18(15(3)21)14(2)20(13)17-8-6-16(7-9-17)19-10-4-5-11-19/h6-9,12H,4-5,10-11H2,1-3H3. The van der Waals surface area contributed by atoms with Crippen molar-refractivity contribution in [1.29, 1.82) is 0 Å². The molecule has 21 heavy (non-hydrogen) atoms. The minimum atomic E-state index is 0.128. The van der Waals surface area contributed by atoms with Gasteiger partial charge in [0, 0.05) is 41.4 Å². The fourth-order valence-electron chi connectivity index (χ4n) is 3.30. The van der Waals surface area contributed by atoms with Crippen LogP contribution in [-0.2, 0) is 0 Å².